The van der Waals surface area contributed by atoms with Crippen LogP contribution in [0.2, 0.25) is 0 Å². The SMILES string of the molecule is O=[N+]([O-])c1cc(NCC(O)CCl)ccc1I. The summed E-state index contributed by atoms with van der Waals surface area (Å²) < 4.78 is 0.575. The maximum Gasteiger partial charge on any atom is 0.284 e. The highest BCUT2D eigenvalue weighted by molar-refractivity contribution is 14.1. The van der Waals surface area contributed by atoms with Gasteiger partial charge in [0.1, 0.15) is 0 Å². The Morgan fingerprint density at radius 2 is 2.31 bits per heavy atom. The Hall–Kier alpha value is -0.600. The van der Waals surface area contributed by atoms with E-state index < -0.39 is 11.0 Å². The van der Waals surface area contributed by atoms with Gasteiger partial charge in [-0.25, -0.2) is 0 Å². The average Bonchev–Trinajstić information content (AvgIpc) is 2.27. The molecule has 0 spiro atoms. The van der Waals surface area contributed by atoms with Crippen molar-refractivity contribution in [3.8, 4) is 0 Å². The van der Waals surface area contributed by atoms with Crippen LogP contribution in [0.1, 0.15) is 0 Å². The normalized spacial score (nSPS) is 12.2. The number of hydrogen-bond acceptors (Lipinski definition) is 4. The molecule has 1 atom stereocenters. The maximum absolute atomic E-state index is 10.7. The molecular weight excluding hydrogens is 346 g/mol. The summed E-state index contributed by atoms with van der Waals surface area (Å²) in [7, 11) is 0. The lowest BCUT2D eigenvalue weighted by Gasteiger charge is -2.09. The highest BCUT2D eigenvalue weighted by atomic mass is 127. The second kappa shape index (κ2) is 6.21. The van der Waals surface area contributed by atoms with Gasteiger partial charge in [-0.1, -0.05) is 0 Å². The third-order valence-corrected chi connectivity index (χ3v) is 3.13. The van der Waals surface area contributed by atoms with E-state index in [1.54, 1.807) is 12.1 Å². The molecule has 1 aromatic rings. The van der Waals surface area contributed by atoms with E-state index in [-0.39, 0.29) is 18.1 Å². The number of rotatable bonds is 5. The molecule has 0 heterocycles. The third kappa shape index (κ3) is 3.76. The number of nitrogens with zero attached hydrogens (tertiary/aromatic N) is 1. The number of nitro groups is 1. The van der Waals surface area contributed by atoms with Crippen molar-refractivity contribution in [2.24, 2.45) is 0 Å². The van der Waals surface area contributed by atoms with E-state index in [1.807, 2.05) is 22.6 Å². The van der Waals surface area contributed by atoms with Gasteiger partial charge in [-0.15, -0.1) is 11.6 Å². The van der Waals surface area contributed by atoms with Gasteiger partial charge in [0.05, 0.1) is 20.5 Å². The first-order chi connectivity index (χ1) is 7.54. The zero-order valence-corrected chi connectivity index (χ0v) is 11.1. The summed E-state index contributed by atoms with van der Waals surface area (Å²) in [5, 5.41) is 22.8. The summed E-state index contributed by atoms with van der Waals surface area (Å²) in [5.41, 5.74) is 0.641. The van der Waals surface area contributed by atoms with Crippen molar-refractivity contribution in [1.29, 1.82) is 0 Å². The fourth-order valence-corrected chi connectivity index (χ4v) is 1.69. The molecule has 1 rings (SSSR count). The topological polar surface area (TPSA) is 75.4 Å². The molecule has 0 bridgehead atoms. The van der Waals surface area contributed by atoms with Crippen LogP contribution in [0.5, 0.6) is 0 Å². The van der Waals surface area contributed by atoms with E-state index in [2.05, 4.69) is 5.32 Å². The van der Waals surface area contributed by atoms with E-state index in [9.17, 15) is 15.2 Å². The summed E-state index contributed by atoms with van der Waals surface area (Å²) in [6, 6.07) is 4.80. The van der Waals surface area contributed by atoms with Crippen molar-refractivity contribution in [3.05, 3.63) is 31.9 Å². The molecule has 0 aromatic heterocycles. The molecule has 0 radical (unpaired) electrons. The van der Waals surface area contributed by atoms with Crippen molar-refractivity contribution in [2.45, 2.75) is 6.10 Å². The minimum absolute atomic E-state index is 0.0472. The minimum atomic E-state index is -0.667. The second-order valence-electron chi connectivity index (χ2n) is 3.11. The number of benzene rings is 1. The molecular formula is C9H10ClIN2O3. The summed E-state index contributed by atoms with van der Waals surface area (Å²) in [4.78, 5) is 10.2. The smallest absolute Gasteiger partial charge is 0.284 e. The van der Waals surface area contributed by atoms with Gasteiger partial charge in [-0.05, 0) is 34.7 Å². The maximum atomic E-state index is 10.7. The van der Waals surface area contributed by atoms with Crippen molar-refractivity contribution in [1.82, 2.24) is 0 Å². The van der Waals surface area contributed by atoms with Gasteiger partial charge in [0.15, 0.2) is 0 Å². The number of aliphatic hydroxyl groups is 1. The molecule has 0 fully saturated rings. The van der Waals surface area contributed by atoms with Gasteiger partial charge in [0.2, 0.25) is 0 Å². The number of nitrogens with one attached hydrogen (secondary N) is 1. The summed E-state index contributed by atoms with van der Waals surface area (Å²) >= 11 is 7.33. The average molecular weight is 357 g/mol. The van der Waals surface area contributed by atoms with E-state index in [1.165, 1.54) is 6.07 Å². The largest absolute Gasteiger partial charge is 0.390 e. The van der Waals surface area contributed by atoms with Gasteiger partial charge in [-0.3, -0.25) is 10.1 Å². The molecule has 0 saturated heterocycles. The summed E-state index contributed by atoms with van der Waals surface area (Å²) in [6.45, 7) is 0.265. The predicted molar refractivity (Wildman–Crippen MR) is 71.0 cm³/mol. The van der Waals surface area contributed by atoms with Crippen LogP contribution in [0.25, 0.3) is 0 Å². The monoisotopic (exact) mass is 356 g/mol. The Kier molecular flexibility index (Phi) is 5.23. The van der Waals surface area contributed by atoms with Crippen LogP contribution in [0, 0.1) is 13.7 Å². The highest BCUT2D eigenvalue weighted by Crippen LogP contribution is 2.24. The minimum Gasteiger partial charge on any atom is -0.390 e. The number of anilines is 1. The predicted octanol–water partition coefficient (Wildman–Crippen LogP) is 2.21. The van der Waals surface area contributed by atoms with Gasteiger partial charge in [-0.2, -0.15) is 0 Å². The Balaban J connectivity index is 2.75. The number of aliphatic hydroxyl groups excluding tert-OH is 1. The molecule has 0 aliphatic heterocycles. The number of nitro benzene ring substituents is 1. The van der Waals surface area contributed by atoms with Crippen LogP contribution in [-0.2, 0) is 0 Å². The molecule has 2 N–H and O–H groups in total. The van der Waals surface area contributed by atoms with Crippen LogP contribution in [0.3, 0.4) is 0 Å². The first kappa shape index (κ1) is 13.5. The van der Waals surface area contributed by atoms with Gasteiger partial charge in [0, 0.05) is 18.3 Å². The summed E-state index contributed by atoms with van der Waals surface area (Å²) in [6.07, 6.45) is -0.667. The summed E-state index contributed by atoms with van der Waals surface area (Å²) in [5.74, 6) is 0.124. The van der Waals surface area contributed by atoms with Crippen LogP contribution >= 0.6 is 34.2 Å². The number of halogens is 2. The van der Waals surface area contributed by atoms with Gasteiger partial charge < -0.3 is 10.4 Å². The lowest BCUT2D eigenvalue weighted by molar-refractivity contribution is -0.385. The highest BCUT2D eigenvalue weighted by Gasteiger charge is 2.12. The van der Waals surface area contributed by atoms with E-state index in [4.69, 9.17) is 11.6 Å². The van der Waals surface area contributed by atoms with Crippen LogP contribution in [0.4, 0.5) is 11.4 Å². The van der Waals surface area contributed by atoms with Crippen LogP contribution in [0.15, 0.2) is 18.2 Å². The molecule has 0 amide bonds. The van der Waals surface area contributed by atoms with E-state index >= 15 is 0 Å². The Morgan fingerprint density at radius 1 is 1.62 bits per heavy atom. The fraction of sp³-hybridized carbons (Fsp3) is 0.333. The molecule has 1 unspecified atom stereocenters. The van der Waals surface area contributed by atoms with Gasteiger partial charge in [0.25, 0.3) is 5.69 Å². The third-order valence-electron chi connectivity index (χ3n) is 1.86. The molecule has 16 heavy (non-hydrogen) atoms. The molecule has 0 saturated carbocycles. The zero-order valence-electron chi connectivity index (χ0n) is 8.19. The molecule has 0 aliphatic rings. The van der Waals surface area contributed by atoms with E-state index in [0.29, 0.717) is 9.26 Å². The lowest BCUT2D eigenvalue weighted by atomic mass is 10.2. The zero-order chi connectivity index (χ0) is 12.1. The molecule has 88 valence electrons. The van der Waals surface area contributed by atoms with Gasteiger partial charge >= 0.3 is 0 Å². The quantitative estimate of drug-likeness (QED) is 0.367. The molecule has 7 heteroatoms. The number of alkyl halides is 1. The standard InChI is InChI=1S/C9H10ClIN2O3/c10-4-7(14)5-12-6-1-2-8(11)9(3-6)13(15)16/h1-3,7,12,14H,4-5H2. The molecule has 0 aliphatic carbocycles. The first-order valence-electron chi connectivity index (χ1n) is 4.46. The molecule has 1 aromatic carbocycles. The van der Waals surface area contributed by atoms with Crippen molar-refractivity contribution >= 4 is 45.6 Å². The lowest BCUT2D eigenvalue weighted by Crippen LogP contribution is -2.20. The molecule has 5 nitrogen and oxygen atoms in total. The first-order valence-corrected chi connectivity index (χ1v) is 6.07. The van der Waals surface area contributed by atoms with Crippen molar-refractivity contribution in [2.75, 3.05) is 17.7 Å². The van der Waals surface area contributed by atoms with Crippen molar-refractivity contribution in [3.63, 3.8) is 0 Å². The van der Waals surface area contributed by atoms with E-state index in [0.717, 1.165) is 0 Å². The van der Waals surface area contributed by atoms with Crippen LogP contribution in [-0.4, -0.2) is 28.6 Å². The van der Waals surface area contributed by atoms with Crippen LogP contribution < -0.4 is 5.32 Å². The fourth-order valence-electron chi connectivity index (χ4n) is 1.05. The second-order valence-corrected chi connectivity index (χ2v) is 4.58. The Bertz CT molecular complexity index is 389. The Labute approximate surface area is 111 Å². The Morgan fingerprint density at radius 3 is 2.88 bits per heavy atom. The van der Waals surface area contributed by atoms with Crippen molar-refractivity contribution < 1.29 is 10.0 Å². The number of hydrogen-bond donors (Lipinski definition) is 2.